The molecular weight excluding hydrogens is 344 g/mol. The molecule has 0 fully saturated rings. The maximum atomic E-state index is 12.8. The third kappa shape index (κ3) is 3.34. The second-order valence-electron chi connectivity index (χ2n) is 5.72. The SMILES string of the molecule is CCOc1cc2c(cc1OCC)CN(S(=O)(=O)c1cnnn1C)CC2. The lowest BCUT2D eigenvalue weighted by Crippen LogP contribution is -2.36. The van der Waals surface area contributed by atoms with Gasteiger partial charge in [-0.05, 0) is 43.5 Å². The van der Waals surface area contributed by atoms with Crippen molar-refractivity contribution in [1.82, 2.24) is 19.3 Å². The first-order valence-electron chi connectivity index (χ1n) is 8.23. The van der Waals surface area contributed by atoms with Gasteiger partial charge >= 0.3 is 0 Å². The van der Waals surface area contributed by atoms with Crippen LogP contribution in [0.15, 0.2) is 23.4 Å². The van der Waals surface area contributed by atoms with Crippen molar-refractivity contribution in [2.75, 3.05) is 19.8 Å². The summed E-state index contributed by atoms with van der Waals surface area (Å²) in [4.78, 5) is 0. The molecule has 0 unspecified atom stereocenters. The third-order valence-corrected chi connectivity index (χ3v) is 6.01. The van der Waals surface area contributed by atoms with Crippen LogP contribution < -0.4 is 9.47 Å². The Bertz CT molecular complexity index is 863. The Kier molecular flexibility index (Phi) is 4.96. The maximum Gasteiger partial charge on any atom is 0.262 e. The zero-order chi connectivity index (χ0) is 18.0. The number of ether oxygens (including phenoxy) is 2. The van der Waals surface area contributed by atoms with E-state index in [9.17, 15) is 8.42 Å². The highest BCUT2D eigenvalue weighted by atomic mass is 32.2. The monoisotopic (exact) mass is 366 g/mol. The Morgan fingerprint density at radius 2 is 1.76 bits per heavy atom. The van der Waals surface area contributed by atoms with Gasteiger partial charge in [0, 0.05) is 20.1 Å². The highest BCUT2D eigenvalue weighted by Crippen LogP contribution is 2.35. The normalized spacial score (nSPS) is 15.0. The smallest absolute Gasteiger partial charge is 0.262 e. The van der Waals surface area contributed by atoms with E-state index in [4.69, 9.17) is 9.47 Å². The molecule has 0 N–H and O–H groups in total. The zero-order valence-corrected chi connectivity index (χ0v) is 15.4. The molecule has 0 amide bonds. The summed E-state index contributed by atoms with van der Waals surface area (Å²) in [6.45, 7) is 5.58. The molecule has 25 heavy (non-hydrogen) atoms. The first-order chi connectivity index (χ1) is 12.0. The van der Waals surface area contributed by atoms with Gasteiger partial charge in [0.2, 0.25) is 0 Å². The Hall–Kier alpha value is -2.13. The summed E-state index contributed by atoms with van der Waals surface area (Å²) < 4.78 is 39.7. The van der Waals surface area contributed by atoms with E-state index in [0.29, 0.717) is 37.7 Å². The number of aromatic nitrogens is 3. The number of hydrogen-bond acceptors (Lipinski definition) is 6. The summed E-state index contributed by atoms with van der Waals surface area (Å²) in [6, 6.07) is 3.84. The number of rotatable bonds is 6. The topological polar surface area (TPSA) is 86.6 Å². The molecule has 0 atom stereocenters. The van der Waals surface area contributed by atoms with Gasteiger partial charge < -0.3 is 9.47 Å². The van der Waals surface area contributed by atoms with Crippen LogP contribution in [-0.4, -0.2) is 47.5 Å². The van der Waals surface area contributed by atoms with Crippen molar-refractivity contribution in [3.8, 4) is 11.5 Å². The van der Waals surface area contributed by atoms with Gasteiger partial charge in [0.1, 0.15) is 0 Å². The molecule has 1 aromatic carbocycles. The molecule has 3 rings (SSSR count). The van der Waals surface area contributed by atoms with Gasteiger partial charge in [0.15, 0.2) is 16.5 Å². The molecule has 136 valence electrons. The van der Waals surface area contributed by atoms with E-state index in [1.807, 2.05) is 26.0 Å². The fraction of sp³-hybridized carbons (Fsp3) is 0.500. The maximum absolute atomic E-state index is 12.8. The number of sulfonamides is 1. The van der Waals surface area contributed by atoms with Crippen LogP contribution in [0.25, 0.3) is 0 Å². The Morgan fingerprint density at radius 1 is 1.12 bits per heavy atom. The summed E-state index contributed by atoms with van der Waals surface area (Å²) in [5, 5.41) is 7.47. The molecule has 1 aromatic heterocycles. The average molecular weight is 366 g/mol. The number of hydrogen-bond donors (Lipinski definition) is 0. The molecule has 0 saturated heterocycles. The molecule has 8 nitrogen and oxygen atoms in total. The lowest BCUT2D eigenvalue weighted by molar-refractivity contribution is 0.285. The molecule has 9 heteroatoms. The minimum Gasteiger partial charge on any atom is -0.490 e. The van der Waals surface area contributed by atoms with Crippen molar-refractivity contribution in [3.63, 3.8) is 0 Å². The van der Waals surface area contributed by atoms with Crippen molar-refractivity contribution in [1.29, 1.82) is 0 Å². The average Bonchev–Trinajstić information content (AvgIpc) is 3.02. The summed E-state index contributed by atoms with van der Waals surface area (Å²) in [5.41, 5.74) is 2.01. The number of nitrogens with zero attached hydrogens (tertiary/aromatic N) is 4. The zero-order valence-electron chi connectivity index (χ0n) is 14.6. The number of fused-ring (bicyclic) bond motifs is 1. The Labute approximate surface area is 147 Å². The molecule has 1 aliphatic heterocycles. The van der Waals surface area contributed by atoms with Crippen LogP contribution in [0.5, 0.6) is 11.5 Å². The van der Waals surface area contributed by atoms with Gasteiger partial charge in [-0.15, -0.1) is 5.10 Å². The standard InChI is InChI=1S/C16H22N4O4S/c1-4-23-14-8-12-6-7-20(11-13(12)9-15(14)24-5-2)25(21,22)16-10-17-18-19(16)3/h8-10H,4-7,11H2,1-3H3. The highest BCUT2D eigenvalue weighted by molar-refractivity contribution is 7.89. The van der Waals surface area contributed by atoms with Crippen LogP contribution in [0.4, 0.5) is 0 Å². The quantitative estimate of drug-likeness (QED) is 0.767. The summed E-state index contributed by atoms with van der Waals surface area (Å²) in [6.07, 6.45) is 1.89. The molecule has 2 aromatic rings. The molecule has 1 aliphatic rings. The van der Waals surface area contributed by atoms with Crippen molar-refractivity contribution in [3.05, 3.63) is 29.5 Å². The minimum atomic E-state index is -3.64. The molecule has 0 saturated carbocycles. The van der Waals surface area contributed by atoms with Crippen LogP contribution >= 0.6 is 0 Å². The second-order valence-corrected chi connectivity index (χ2v) is 7.60. The van der Waals surface area contributed by atoms with Gasteiger partial charge in [-0.2, -0.15) is 4.31 Å². The Morgan fingerprint density at radius 3 is 2.32 bits per heavy atom. The molecule has 0 radical (unpaired) electrons. The van der Waals surface area contributed by atoms with E-state index in [0.717, 1.165) is 11.1 Å². The summed E-state index contributed by atoms with van der Waals surface area (Å²) in [7, 11) is -2.07. The van der Waals surface area contributed by atoms with E-state index in [1.54, 1.807) is 7.05 Å². The first-order valence-corrected chi connectivity index (χ1v) is 9.67. The van der Waals surface area contributed by atoms with Crippen molar-refractivity contribution < 1.29 is 17.9 Å². The summed E-state index contributed by atoms with van der Waals surface area (Å²) in [5.74, 6) is 1.35. The fourth-order valence-corrected chi connectivity index (χ4v) is 4.38. The first kappa shape index (κ1) is 17.7. The van der Waals surface area contributed by atoms with E-state index in [2.05, 4.69) is 10.3 Å². The molecule has 0 bridgehead atoms. The van der Waals surface area contributed by atoms with Gasteiger partial charge in [-0.3, -0.25) is 0 Å². The predicted molar refractivity (Wildman–Crippen MR) is 91.1 cm³/mol. The number of aryl methyl sites for hydroxylation is 1. The summed E-state index contributed by atoms with van der Waals surface area (Å²) >= 11 is 0. The molecular formula is C16H22N4O4S. The van der Waals surface area contributed by atoms with Crippen molar-refractivity contribution in [2.45, 2.75) is 31.8 Å². The highest BCUT2D eigenvalue weighted by Gasteiger charge is 2.31. The van der Waals surface area contributed by atoms with Gasteiger partial charge in [-0.1, -0.05) is 5.21 Å². The van der Waals surface area contributed by atoms with Crippen LogP contribution in [0, 0.1) is 0 Å². The number of benzene rings is 1. The van der Waals surface area contributed by atoms with Crippen molar-refractivity contribution >= 4 is 10.0 Å². The molecule has 0 aliphatic carbocycles. The predicted octanol–water partition coefficient (Wildman–Crippen LogP) is 1.36. The third-order valence-electron chi connectivity index (χ3n) is 4.12. The van der Waals surface area contributed by atoms with E-state index < -0.39 is 10.0 Å². The van der Waals surface area contributed by atoms with E-state index in [-0.39, 0.29) is 11.6 Å². The van der Waals surface area contributed by atoms with E-state index in [1.165, 1.54) is 15.2 Å². The second kappa shape index (κ2) is 7.01. The largest absolute Gasteiger partial charge is 0.490 e. The van der Waals surface area contributed by atoms with E-state index >= 15 is 0 Å². The van der Waals surface area contributed by atoms with Gasteiger partial charge in [0.05, 0.1) is 19.4 Å². The van der Waals surface area contributed by atoms with Crippen molar-refractivity contribution in [2.24, 2.45) is 7.05 Å². The van der Waals surface area contributed by atoms with Crippen LogP contribution in [-0.2, 0) is 30.0 Å². The van der Waals surface area contributed by atoms with Gasteiger partial charge in [-0.25, -0.2) is 13.1 Å². The lowest BCUT2D eigenvalue weighted by Gasteiger charge is -2.28. The minimum absolute atomic E-state index is 0.0897. The van der Waals surface area contributed by atoms with Crippen LogP contribution in [0.2, 0.25) is 0 Å². The van der Waals surface area contributed by atoms with Gasteiger partial charge in [0.25, 0.3) is 10.0 Å². The Balaban J connectivity index is 1.93. The molecule has 0 spiro atoms. The van der Waals surface area contributed by atoms with Crippen LogP contribution in [0.1, 0.15) is 25.0 Å². The van der Waals surface area contributed by atoms with Crippen LogP contribution in [0.3, 0.4) is 0 Å². The molecule has 2 heterocycles. The fourth-order valence-electron chi connectivity index (χ4n) is 2.93. The lowest BCUT2D eigenvalue weighted by atomic mass is 10.0.